The molecule has 2 aromatic carbocycles. The highest BCUT2D eigenvalue weighted by Gasteiger charge is 2.24. The summed E-state index contributed by atoms with van der Waals surface area (Å²) in [6.07, 6.45) is 0. The number of benzene rings is 2. The van der Waals surface area contributed by atoms with Crippen molar-refractivity contribution in [1.29, 1.82) is 0 Å². The number of nitrogens with zero attached hydrogens (tertiary/aromatic N) is 1. The summed E-state index contributed by atoms with van der Waals surface area (Å²) in [7, 11) is -2.47. The van der Waals surface area contributed by atoms with Crippen molar-refractivity contribution in [3.8, 4) is 0 Å². The number of nitrogen functional groups attached to an aromatic ring is 1. The SMILES string of the molecule is Cc1ccccc1CN(C)S(=O)(=O)c1ccc(N)cc1F. The van der Waals surface area contributed by atoms with Gasteiger partial charge in [0.1, 0.15) is 10.7 Å². The van der Waals surface area contributed by atoms with E-state index in [2.05, 4.69) is 0 Å². The predicted octanol–water partition coefficient (Wildman–Crippen LogP) is 2.54. The van der Waals surface area contributed by atoms with Gasteiger partial charge in [0.15, 0.2) is 0 Å². The molecule has 0 saturated heterocycles. The lowest BCUT2D eigenvalue weighted by Crippen LogP contribution is -2.27. The van der Waals surface area contributed by atoms with Crippen molar-refractivity contribution < 1.29 is 12.8 Å². The zero-order chi connectivity index (χ0) is 15.6. The highest BCUT2D eigenvalue weighted by Crippen LogP contribution is 2.22. The maximum Gasteiger partial charge on any atom is 0.246 e. The molecule has 0 fully saturated rings. The van der Waals surface area contributed by atoms with Gasteiger partial charge in [-0.25, -0.2) is 12.8 Å². The Hall–Kier alpha value is -1.92. The van der Waals surface area contributed by atoms with Crippen LogP contribution in [-0.4, -0.2) is 19.8 Å². The zero-order valence-corrected chi connectivity index (χ0v) is 12.7. The number of halogens is 1. The van der Waals surface area contributed by atoms with Gasteiger partial charge in [0, 0.05) is 19.3 Å². The van der Waals surface area contributed by atoms with Crippen molar-refractivity contribution in [2.24, 2.45) is 0 Å². The molecule has 0 heterocycles. The van der Waals surface area contributed by atoms with E-state index in [-0.39, 0.29) is 17.1 Å². The summed E-state index contributed by atoms with van der Waals surface area (Å²) in [5.41, 5.74) is 7.49. The zero-order valence-electron chi connectivity index (χ0n) is 11.9. The number of nitrogens with two attached hydrogens (primary N) is 1. The number of hydrogen-bond donors (Lipinski definition) is 1. The van der Waals surface area contributed by atoms with Gasteiger partial charge in [-0.05, 0) is 36.2 Å². The molecule has 0 aliphatic heterocycles. The number of hydrogen-bond acceptors (Lipinski definition) is 3. The third-order valence-electron chi connectivity index (χ3n) is 3.30. The first-order valence-corrected chi connectivity index (χ1v) is 7.82. The second kappa shape index (κ2) is 5.83. The molecular formula is C15H17FN2O2S. The van der Waals surface area contributed by atoms with E-state index in [0.29, 0.717) is 0 Å². The molecular weight excluding hydrogens is 291 g/mol. The van der Waals surface area contributed by atoms with Gasteiger partial charge in [-0.2, -0.15) is 4.31 Å². The molecule has 21 heavy (non-hydrogen) atoms. The van der Waals surface area contributed by atoms with Crippen molar-refractivity contribution >= 4 is 15.7 Å². The molecule has 2 rings (SSSR count). The molecule has 0 spiro atoms. The quantitative estimate of drug-likeness (QED) is 0.883. The second-order valence-electron chi connectivity index (χ2n) is 4.88. The van der Waals surface area contributed by atoms with Crippen LogP contribution in [0.15, 0.2) is 47.4 Å². The van der Waals surface area contributed by atoms with Gasteiger partial charge in [0.2, 0.25) is 10.0 Å². The Kier molecular flexibility index (Phi) is 4.29. The Labute approximate surface area is 124 Å². The van der Waals surface area contributed by atoms with Gasteiger partial charge in [0.05, 0.1) is 0 Å². The predicted molar refractivity (Wildman–Crippen MR) is 80.6 cm³/mol. The lowest BCUT2D eigenvalue weighted by molar-refractivity contribution is 0.459. The van der Waals surface area contributed by atoms with Crippen LogP contribution in [0, 0.1) is 12.7 Å². The Bertz CT molecular complexity index is 760. The monoisotopic (exact) mass is 308 g/mol. The smallest absolute Gasteiger partial charge is 0.246 e. The molecule has 0 aromatic heterocycles. The molecule has 0 radical (unpaired) electrons. The van der Waals surface area contributed by atoms with Crippen LogP contribution in [0.1, 0.15) is 11.1 Å². The summed E-state index contributed by atoms with van der Waals surface area (Å²) >= 11 is 0. The molecule has 2 aromatic rings. The summed E-state index contributed by atoms with van der Waals surface area (Å²) in [5, 5.41) is 0. The third kappa shape index (κ3) is 3.22. The third-order valence-corrected chi connectivity index (χ3v) is 5.14. The minimum absolute atomic E-state index is 0.179. The first-order chi connectivity index (χ1) is 9.82. The molecule has 4 nitrogen and oxygen atoms in total. The fraction of sp³-hybridized carbons (Fsp3) is 0.200. The van der Waals surface area contributed by atoms with Crippen LogP contribution in [0.3, 0.4) is 0 Å². The number of aryl methyl sites for hydroxylation is 1. The van der Waals surface area contributed by atoms with E-state index in [1.165, 1.54) is 19.2 Å². The number of rotatable bonds is 4. The van der Waals surface area contributed by atoms with Gasteiger partial charge in [-0.15, -0.1) is 0 Å². The Morgan fingerprint density at radius 1 is 1.19 bits per heavy atom. The lowest BCUT2D eigenvalue weighted by Gasteiger charge is -2.19. The molecule has 6 heteroatoms. The van der Waals surface area contributed by atoms with Crippen LogP contribution >= 0.6 is 0 Å². The van der Waals surface area contributed by atoms with Crippen LogP contribution in [0.25, 0.3) is 0 Å². The molecule has 0 amide bonds. The van der Waals surface area contributed by atoms with Crippen molar-refractivity contribution in [2.75, 3.05) is 12.8 Å². The van der Waals surface area contributed by atoms with Crippen LogP contribution < -0.4 is 5.73 Å². The molecule has 2 N–H and O–H groups in total. The Balaban J connectivity index is 2.33. The van der Waals surface area contributed by atoms with E-state index in [1.54, 1.807) is 0 Å². The Morgan fingerprint density at radius 3 is 2.48 bits per heavy atom. The summed E-state index contributed by atoms with van der Waals surface area (Å²) in [5.74, 6) is -0.841. The molecule has 0 atom stereocenters. The first-order valence-electron chi connectivity index (χ1n) is 6.38. The largest absolute Gasteiger partial charge is 0.399 e. The molecule has 0 saturated carbocycles. The average Bonchev–Trinajstić information content (AvgIpc) is 2.40. The maximum atomic E-state index is 13.8. The van der Waals surface area contributed by atoms with Crippen molar-refractivity contribution in [3.63, 3.8) is 0 Å². The van der Waals surface area contributed by atoms with Crippen molar-refractivity contribution in [1.82, 2.24) is 4.31 Å². The highest BCUT2D eigenvalue weighted by molar-refractivity contribution is 7.89. The molecule has 0 aliphatic rings. The van der Waals surface area contributed by atoms with Crippen molar-refractivity contribution in [2.45, 2.75) is 18.4 Å². The van der Waals surface area contributed by atoms with Gasteiger partial charge < -0.3 is 5.73 Å². The minimum atomic E-state index is -3.90. The molecule has 0 bridgehead atoms. The van der Waals surface area contributed by atoms with E-state index in [1.807, 2.05) is 31.2 Å². The van der Waals surface area contributed by atoms with Gasteiger partial charge in [-0.1, -0.05) is 24.3 Å². The average molecular weight is 308 g/mol. The van der Waals surface area contributed by atoms with E-state index in [4.69, 9.17) is 5.73 Å². The van der Waals surface area contributed by atoms with Gasteiger partial charge in [0.25, 0.3) is 0 Å². The van der Waals surface area contributed by atoms with E-state index in [9.17, 15) is 12.8 Å². The molecule has 0 unspecified atom stereocenters. The Morgan fingerprint density at radius 2 is 1.86 bits per heavy atom. The highest BCUT2D eigenvalue weighted by atomic mass is 32.2. The van der Waals surface area contributed by atoms with E-state index in [0.717, 1.165) is 21.5 Å². The van der Waals surface area contributed by atoms with E-state index >= 15 is 0 Å². The topological polar surface area (TPSA) is 63.4 Å². The first kappa shape index (κ1) is 15.5. The van der Waals surface area contributed by atoms with Crippen LogP contribution in [0.5, 0.6) is 0 Å². The van der Waals surface area contributed by atoms with E-state index < -0.39 is 15.8 Å². The minimum Gasteiger partial charge on any atom is -0.399 e. The summed E-state index contributed by atoms with van der Waals surface area (Å²) in [6, 6.07) is 11.0. The maximum absolute atomic E-state index is 13.8. The fourth-order valence-electron chi connectivity index (χ4n) is 2.01. The van der Waals surface area contributed by atoms with Crippen molar-refractivity contribution in [3.05, 3.63) is 59.4 Å². The summed E-state index contributed by atoms with van der Waals surface area (Å²) in [4.78, 5) is -0.368. The summed E-state index contributed by atoms with van der Waals surface area (Å²) < 4.78 is 39.8. The fourth-order valence-corrected chi connectivity index (χ4v) is 3.20. The van der Waals surface area contributed by atoms with Gasteiger partial charge >= 0.3 is 0 Å². The summed E-state index contributed by atoms with van der Waals surface area (Å²) in [6.45, 7) is 2.08. The lowest BCUT2D eigenvalue weighted by atomic mass is 10.1. The second-order valence-corrected chi connectivity index (χ2v) is 6.89. The van der Waals surface area contributed by atoms with Gasteiger partial charge in [-0.3, -0.25) is 0 Å². The number of anilines is 1. The standard InChI is InChI=1S/C15H17FN2O2S/c1-11-5-3-4-6-12(11)10-18(2)21(19,20)15-8-7-13(17)9-14(15)16/h3-9H,10,17H2,1-2H3. The molecule has 112 valence electrons. The normalized spacial score (nSPS) is 11.8. The molecule has 0 aliphatic carbocycles. The van der Waals surface area contributed by atoms with Crippen LogP contribution in [-0.2, 0) is 16.6 Å². The van der Waals surface area contributed by atoms with Crippen LogP contribution in [0.2, 0.25) is 0 Å². The number of sulfonamides is 1. The van der Waals surface area contributed by atoms with Crippen LogP contribution in [0.4, 0.5) is 10.1 Å².